The van der Waals surface area contributed by atoms with Crippen molar-refractivity contribution in [3.8, 4) is 17.6 Å². The van der Waals surface area contributed by atoms with Gasteiger partial charge in [-0.15, -0.1) is 5.92 Å². The van der Waals surface area contributed by atoms with E-state index in [-0.39, 0.29) is 13.0 Å². The van der Waals surface area contributed by atoms with E-state index >= 15 is 0 Å². The Hall–Kier alpha value is -1.75. The molecule has 1 aromatic rings. The van der Waals surface area contributed by atoms with Gasteiger partial charge in [0.2, 0.25) is 6.41 Å². The van der Waals surface area contributed by atoms with E-state index in [0.717, 1.165) is 18.4 Å². The van der Waals surface area contributed by atoms with Crippen molar-refractivity contribution in [2.75, 3.05) is 7.11 Å². The molecule has 26 heavy (non-hydrogen) atoms. The van der Waals surface area contributed by atoms with Crippen LogP contribution in [0.5, 0.6) is 5.75 Å². The topological polar surface area (TPSA) is 50.7 Å². The largest absolute Gasteiger partial charge is 0.497 e. The summed E-state index contributed by atoms with van der Waals surface area (Å²) in [5.74, 6) is 6.74. The van der Waals surface area contributed by atoms with E-state index in [1.807, 2.05) is 0 Å². The summed E-state index contributed by atoms with van der Waals surface area (Å²) in [5, 5.41) is 12.5. The molecule has 0 aromatic heterocycles. The van der Waals surface area contributed by atoms with Crippen molar-refractivity contribution in [3.05, 3.63) is 29.8 Å². The molecule has 0 bridgehead atoms. The molecule has 0 aliphatic heterocycles. The predicted octanol–water partition coefficient (Wildman–Crippen LogP) is 3.59. The van der Waals surface area contributed by atoms with Crippen molar-refractivity contribution in [1.29, 1.82) is 0 Å². The van der Waals surface area contributed by atoms with Crippen molar-refractivity contribution in [2.24, 2.45) is 5.92 Å². The third kappa shape index (κ3) is 7.65. The van der Waals surface area contributed by atoms with Crippen LogP contribution >= 0.6 is 0 Å². The molecule has 1 aromatic carbocycles. The lowest BCUT2D eigenvalue weighted by molar-refractivity contribution is -0.174. The molecule has 0 amide bonds. The lowest BCUT2D eigenvalue weighted by Crippen LogP contribution is -2.51. The van der Waals surface area contributed by atoms with Crippen LogP contribution in [-0.2, 0) is 11.3 Å². The Bertz CT molecular complexity index is 632. The van der Waals surface area contributed by atoms with Gasteiger partial charge in [-0.3, -0.25) is 5.32 Å². The Morgan fingerprint density at radius 2 is 1.92 bits per heavy atom. The third-order valence-corrected chi connectivity index (χ3v) is 3.99. The maximum Gasteiger partial charge on any atom is 0.390 e. The molecule has 2 N–H and O–H groups in total. The number of aliphatic hydroxyl groups excluding tert-OH is 1. The van der Waals surface area contributed by atoms with Crippen LogP contribution in [0.4, 0.5) is 13.2 Å². The van der Waals surface area contributed by atoms with Gasteiger partial charge in [0.25, 0.3) is 0 Å². The van der Waals surface area contributed by atoms with E-state index in [4.69, 9.17) is 9.47 Å². The minimum Gasteiger partial charge on any atom is -0.497 e. The maximum absolute atomic E-state index is 12.9. The second kappa shape index (κ2) is 8.76. The number of halogens is 3. The van der Waals surface area contributed by atoms with E-state index in [2.05, 4.69) is 17.2 Å². The van der Waals surface area contributed by atoms with Crippen LogP contribution in [0.15, 0.2) is 24.3 Å². The van der Waals surface area contributed by atoms with Crippen LogP contribution in [0, 0.1) is 17.8 Å². The molecular formula is C19H24F3NO3. The molecule has 1 aliphatic carbocycles. The average molecular weight is 371 g/mol. The summed E-state index contributed by atoms with van der Waals surface area (Å²) in [5.41, 5.74) is -0.669. The average Bonchev–Trinajstić information content (AvgIpc) is 3.35. The Labute approximate surface area is 151 Å². The number of ether oxygens (including phenoxy) is 2. The van der Waals surface area contributed by atoms with E-state index in [9.17, 15) is 18.3 Å². The van der Waals surface area contributed by atoms with Crippen LogP contribution in [-0.4, -0.2) is 30.3 Å². The lowest BCUT2D eigenvalue weighted by Gasteiger charge is -2.32. The van der Waals surface area contributed by atoms with Gasteiger partial charge in [-0.1, -0.05) is 18.1 Å². The molecule has 2 atom stereocenters. The van der Waals surface area contributed by atoms with Crippen LogP contribution in [0.2, 0.25) is 0 Å². The first-order valence-electron chi connectivity index (χ1n) is 8.44. The first-order valence-corrected chi connectivity index (χ1v) is 8.44. The Morgan fingerprint density at radius 3 is 2.46 bits per heavy atom. The molecule has 1 aliphatic rings. The Morgan fingerprint density at radius 1 is 1.27 bits per heavy atom. The molecule has 144 valence electrons. The summed E-state index contributed by atoms with van der Waals surface area (Å²) in [6, 6.07) is 6.97. The number of alkyl halides is 3. The molecule has 0 radical (unpaired) electrons. The lowest BCUT2D eigenvalue weighted by atomic mass is 9.93. The fourth-order valence-corrected chi connectivity index (χ4v) is 2.46. The Kier molecular flexibility index (Phi) is 6.93. The molecule has 4 nitrogen and oxygen atoms in total. The van der Waals surface area contributed by atoms with Crippen molar-refractivity contribution in [2.45, 2.75) is 57.3 Å². The van der Waals surface area contributed by atoms with Crippen LogP contribution in [0.25, 0.3) is 0 Å². The van der Waals surface area contributed by atoms with E-state index in [1.165, 1.54) is 6.92 Å². The third-order valence-electron chi connectivity index (χ3n) is 3.99. The van der Waals surface area contributed by atoms with Gasteiger partial charge in [0.15, 0.2) is 0 Å². The van der Waals surface area contributed by atoms with E-state index < -0.39 is 24.6 Å². The van der Waals surface area contributed by atoms with Gasteiger partial charge in [-0.25, -0.2) is 0 Å². The van der Waals surface area contributed by atoms with Gasteiger partial charge in [-0.05, 0) is 37.5 Å². The second-order valence-electron chi connectivity index (χ2n) is 6.78. The minimum absolute atomic E-state index is 0.0219. The zero-order valence-corrected chi connectivity index (χ0v) is 14.9. The van der Waals surface area contributed by atoms with Crippen LogP contribution in [0.3, 0.4) is 0 Å². The normalized spacial score (nSPS) is 17.8. The highest BCUT2D eigenvalue weighted by Gasteiger charge is 2.40. The summed E-state index contributed by atoms with van der Waals surface area (Å²) in [4.78, 5) is 0. The maximum atomic E-state index is 12.9. The van der Waals surface area contributed by atoms with Crippen molar-refractivity contribution in [1.82, 2.24) is 5.32 Å². The number of aliphatic hydroxyl groups is 1. The summed E-state index contributed by atoms with van der Waals surface area (Å²) >= 11 is 0. The highest BCUT2D eigenvalue weighted by Crippen LogP contribution is 2.31. The zero-order valence-electron chi connectivity index (χ0n) is 14.9. The SMILES string of the molecule is COc1ccc(COC(O)NC(C)(CC#CC2CC2)CC(F)(F)F)cc1. The molecule has 0 heterocycles. The van der Waals surface area contributed by atoms with Gasteiger partial charge < -0.3 is 14.6 Å². The van der Waals surface area contributed by atoms with Gasteiger partial charge in [-0.2, -0.15) is 13.2 Å². The zero-order chi connectivity index (χ0) is 19.2. The number of benzene rings is 1. The van der Waals surface area contributed by atoms with Crippen LogP contribution in [0.1, 0.15) is 38.2 Å². The monoisotopic (exact) mass is 371 g/mol. The summed E-state index contributed by atoms with van der Waals surface area (Å²) in [7, 11) is 1.55. The first-order chi connectivity index (χ1) is 12.2. The molecule has 1 fully saturated rings. The Balaban J connectivity index is 1.90. The highest BCUT2D eigenvalue weighted by molar-refractivity contribution is 5.26. The molecule has 2 unspecified atom stereocenters. The number of hydrogen-bond donors (Lipinski definition) is 2. The number of rotatable bonds is 8. The van der Waals surface area contributed by atoms with Crippen molar-refractivity contribution >= 4 is 0 Å². The van der Waals surface area contributed by atoms with Gasteiger partial charge in [0.05, 0.1) is 20.1 Å². The van der Waals surface area contributed by atoms with Gasteiger partial charge in [0.1, 0.15) is 5.75 Å². The predicted molar refractivity (Wildman–Crippen MR) is 91.1 cm³/mol. The molecular weight excluding hydrogens is 347 g/mol. The molecule has 1 saturated carbocycles. The molecule has 7 heteroatoms. The van der Waals surface area contributed by atoms with Gasteiger partial charge in [0, 0.05) is 17.9 Å². The smallest absolute Gasteiger partial charge is 0.390 e. The fraction of sp³-hybridized carbons (Fsp3) is 0.579. The van der Waals surface area contributed by atoms with E-state index in [0.29, 0.717) is 11.7 Å². The molecule has 2 rings (SSSR count). The summed E-state index contributed by atoms with van der Waals surface area (Å²) < 4.78 is 49.0. The van der Waals surface area contributed by atoms with Gasteiger partial charge >= 0.3 is 6.18 Å². The molecule has 0 saturated heterocycles. The van der Waals surface area contributed by atoms with Crippen molar-refractivity contribution < 1.29 is 27.8 Å². The van der Waals surface area contributed by atoms with Crippen molar-refractivity contribution in [3.63, 3.8) is 0 Å². The number of hydrogen-bond acceptors (Lipinski definition) is 4. The minimum atomic E-state index is -4.38. The first kappa shape index (κ1) is 20.6. The standard InChI is InChI=1S/C19H24F3NO3/c1-18(13-19(20,21)22,11-3-4-14-5-6-14)23-17(24)26-12-15-7-9-16(25-2)10-8-15/h7-10,14,17,23-24H,5-6,11-13H2,1-2H3. The van der Waals surface area contributed by atoms with E-state index in [1.54, 1.807) is 31.4 Å². The summed E-state index contributed by atoms with van der Waals surface area (Å²) in [6.07, 6.45) is -5.03. The highest BCUT2D eigenvalue weighted by atomic mass is 19.4. The fourth-order valence-electron chi connectivity index (χ4n) is 2.46. The number of nitrogens with one attached hydrogen (secondary N) is 1. The quantitative estimate of drug-likeness (QED) is 0.542. The number of methoxy groups -OCH3 is 1. The summed E-state index contributed by atoms with van der Waals surface area (Å²) in [6.45, 7) is 1.44. The van der Waals surface area contributed by atoms with Crippen LogP contribution < -0.4 is 10.1 Å². The molecule has 0 spiro atoms. The second-order valence-corrected chi connectivity index (χ2v) is 6.78.